The summed E-state index contributed by atoms with van der Waals surface area (Å²) in [6.07, 6.45) is -0.0149. The lowest BCUT2D eigenvalue weighted by atomic mass is 9.85. The molecule has 4 N–H and O–H groups in total. The number of nitrogens with one attached hydrogen (secondary N) is 2. The van der Waals surface area contributed by atoms with Gasteiger partial charge < -0.3 is 25.8 Å². The highest BCUT2D eigenvalue weighted by Crippen LogP contribution is 2.38. The number of nitrogens with zero attached hydrogens (tertiary/aromatic N) is 4. The first-order chi connectivity index (χ1) is 18.6. The van der Waals surface area contributed by atoms with Crippen LogP contribution in [0.1, 0.15) is 44.6 Å². The second-order valence-electron chi connectivity index (χ2n) is 9.56. The third kappa shape index (κ3) is 5.97. The van der Waals surface area contributed by atoms with Gasteiger partial charge in [0.1, 0.15) is 5.52 Å². The Hall–Kier alpha value is -3.75. The van der Waals surface area contributed by atoms with Gasteiger partial charge in [-0.05, 0) is 50.7 Å². The highest BCUT2D eigenvalue weighted by molar-refractivity contribution is 5.78. The first-order valence-corrected chi connectivity index (χ1v) is 12.5. The van der Waals surface area contributed by atoms with Crippen LogP contribution in [-0.4, -0.2) is 51.0 Å². The van der Waals surface area contributed by atoms with Crippen LogP contribution in [0.3, 0.4) is 0 Å². The quantitative estimate of drug-likeness (QED) is 0.362. The molecule has 1 aliphatic heterocycles. The molecule has 5 rings (SSSR count). The van der Waals surface area contributed by atoms with E-state index < -0.39 is 29.4 Å². The standard InChI is InChI=1S/C24H26F5N7O3/c25-18-15(5-6-17(19(18)26)39-24(27,28)29)33-23-34-16-11-31-22(32-13-7-9-38-10-8-13)35-21(16)36(23)14-3-1-12(2-4-14)20(30)37/h5-6,11-14H,1-4,7-10H2,(H2,30,37)(H,33,34)(H,31,32,35)/t12-,14-. The van der Waals surface area contributed by atoms with E-state index in [1.165, 1.54) is 6.20 Å². The van der Waals surface area contributed by atoms with Crippen molar-refractivity contribution in [3.05, 3.63) is 30.0 Å². The van der Waals surface area contributed by atoms with E-state index in [1.54, 1.807) is 4.57 Å². The van der Waals surface area contributed by atoms with Crippen molar-refractivity contribution in [2.24, 2.45) is 11.7 Å². The van der Waals surface area contributed by atoms with Crippen molar-refractivity contribution in [2.75, 3.05) is 23.8 Å². The minimum atomic E-state index is -5.19. The molecule has 2 aromatic heterocycles. The molecular formula is C24H26F5N7O3. The zero-order valence-corrected chi connectivity index (χ0v) is 20.6. The van der Waals surface area contributed by atoms with E-state index in [-0.39, 0.29) is 29.9 Å². The zero-order valence-electron chi connectivity index (χ0n) is 20.6. The number of alkyl halides is 3. The monoisotopic (exact) mass is 555 g/mol. The lowest BCUT2D eigenvalue weighted by molar-refractivity contribution is -0.275. The molecule has 1 aliphatic carbocycles. The van der Waals surface area contributed by atoms with E-state index in [0.29, 0.717) is 62.1 Å². The van der Waals surface area contributed by atoms with Crippen LogP contribution in [0, 0.1) is 17.6 Å². The number of carbonyl (C=O) groups is 1. The van der Waals surface area contributed by atoms with Gasteiger partial charge in [-0.3, -0.25) is 9.36 Å². The highest BCUT2D eigenvalue weighted by Gasteiger charge is 2.34. The second kappa shape index (κ2) is 10.8. The number of fused-ring (bicyclic) bond motifs is 1. The fourth-order valence-corrected chi connectivity index (χ4v) is 4.99. The summed E-state index contributed by atoms with van der Waals surface area (Å²) in [5.41, 5.74) is 5.82. The molecule has 0 radical (unpaired) electrons. The van der Waals surface area contributed by atoms with Crippen molar-refractivity contribution in [3.63, 3.8) is 0 Å². The Kier molecular flexibility index (Phi) is 7.42. The molecular weight excluding hydrogens is 529 g/mol. The Balaban J connectivity index is 1.49. The molecule has 15 heteroatoms. The van der Waals surface area contributed by atoms with Crippen molar-refractivity contribution >= 4 is 34.7 Å². The van der Waals surface area contributed by atoms with Crippen LogP contribution in [-0.2, 0) is 9.53 Å². The minimum Gasteiger partial charge on any atom is -0.403 e. The fourth-order valence-electron chi connectivity index (χ4n) is 4.99. The number of ether oxygens (including phenoxy) is 2. The molecule has 0 atom stereocenters. The molecule has 1 saturated carbocycles. The van der Waals surface area contributed by atoms with Gasteiger partial charge >= 0.3 is 6.36 Å². The van der Waals surface area contributed by atoms with Crippen molar-refractivity contribution in [1.82, 2.24) is 19.5 Å². The molecule has 2 fully saturated rings. The number of imidazole rings is 1. The maximum absolute atomic E-state index is 14.8. The summed E-state index contributed by atoms with van der Waals surface area (Å²) in [7, 11) is 0. The smallest absolute Gasteiger partial charge is 0.403 e. The predicted molar refractivity (Wildman–Crippen MR) is 129 cm³/mol. The average molecular weight is 556 g/mol. The Bertz CT molecular complexity index is 1350. The zero-order chi connectivity index (χ0) is 27.7. The molecule has 39 heavy (non-hydrogen) atoms. The fraction of sp³-hybridized carbons (Fsp3) is 0.500. The SMILES string of the molecule is NC(=O)[C@H]1CC[C@H](n2c(Nc3ccc(OC(F)(F)F)c(F)c3F)nc3cnc(NC4CCOCC4)nc32)CC1. The molecule has 0 bridgehead atoms. The number of anilines is 3. The third-order valence-corrected chi connectivity index (χ3v) is 6.97. The van der Waals surface area contributed by atoms with Gasteiger partial charge in [-0.25, -0.2) is 14.4 Å². The number of aromatic nitrogens is 4. The lowest BCUT2D eigenvalue weighted by Crippen LogP contribution is -2.29. The second-order valence-corrected chi connectivity index (χ2v) is 9.56. The first kappa shape index (κ1) is 26.8. The number of primary amides is 1. The number of hydrogen-bond acceptors (Lipinski definition) is 8. The summed E-state index contributed by atoms with van der Waals surface area (Å²) in [4.78, 5) is 25.1. The summed E-state index contributed by atoms with van der Waals surface area (Å²) in [6, 6.07) is 1.50. The number of carbonyl (C=O) groups excluding carboxylic acids is 1. The highest BCUT2D eigenvalue weighted by atomic mass is 19.4. The maximum Gasteiger partial charge on any atom is 0.573 e. The van der Waals surface area contributed by atoms with Crippen LogP contribution in [0.5, 0.6) is 5.75 Å². The van der Waals surface area contributed by atoms with Gasteiger partial charge in [-0.2, -0.15) is 9.37 Å². The summed E-state index contributed by atoms with van der Waals surface area (Å²) in [6.45, 7) is 1.23. The van der Waals surface area contributed by atoms with Crippen LogP contribution in [0.15, 0.2) is 18.3 Å². The summed E-state index contributed by atoms with van der Waals surface area (Å²) < 4.78 is 77.5. The van der Waals surface area contributed by atoms with Crippen LogP contribution in [0.4, 0.5) is 39.5 Å². The third-order valence-electron chi connectivity index (χ3n) is 6.97. The van der Waals surface area contributed by atoms with Crippen molar-refractivity contribution in [2.45, 2.75) is 57.0 Å². The number of rotatable bonds is 7. The lowest BCUT2D eigenvalue weighted by Gasteiger charge is -2.29. The van der Waals surface area contributed by atoms with Crippen LogP contribution < -0.4 is 21.1 Å². The number of nitrogens with two attached hydrogens (primary N) is 1. The average Bonchev–Trinajstić information content (AvgIpc) is 3.25. The van der Waals surface area contributed by atoms with Crippen LogP contribution >= 0.6 is 0 Å². The normalized spacial score (nSPS) is 20.6. The maximum atomic E-state index is 14.8. The number of amides is 1. The first-order valence-electron chi connectivity index (χ1n) is 12.5. The summed E-state index contributed by atoms with van der Waals surface area (Å²) >= 11 is 0. The van der Waals surface area contributed by atoms with Gasteiger partial charge in [0.15, 0.2) is 17.2 Å². The number of halogens is 5. The Morgan fingerprint density at radius 3 is 2.44 bits per heavy atom. The van der Waals surface area contributed by atoms with E-state index in [9.17, 15) is 26.7 Å². The van der Waals surface area contributed by atoms with E-state index in [2.05, 4.69) is 30.3 Å². The van der Waals surface area contributed by atoms with Crippen LogP contribution in [0.2, 0.25) is 0 Å². The molecule has 3 heterocycles. The molecule has 0 spiro atoms. The van der Waals surface area contributed by atoms with E-state index in [4.69, 9.17) is 10.5 Å². The van der Waals surface area contributed by atoms with E-state index in [0.717, 1.165) is 18.9 Å². The minimum absolute atomic E-state index is 0.0906. The Morgan fingerprint density at radius 2 is 1.77 bits per heavy atom. The molecule has 210 valence electrons. The Labute approximate surface area is 219 Å². The van der Waals surface area contributed by atoms with Crippen molar-refractivity contribution < 1.29 is 36.2 Å². The largest absolute Gasteiger partial charge is 0.573 e. The van der Waals surface area contributed by atoms with Crippen molar-refractivity contribution in [3.8, 4) is 5.75 Å². The Morgan fingerprint density at radius 1 is 1.05 bits per heavy atom. The van der Waals surface area contributed by atoms with Gasteiger partial charge in [-0.15, -0.1) is 13.2 Å². The van der Waals surface area contributed by atoms with Gasteiger partial charge in [0.25, 0.3) is 0 Å². The number of benzene rings is 1. The van der Waals surface area contributed by atoms with E-state index in [1.807, 2.05) is 0 Å². The van der Waals surface area contributed by atoms with Gasteiger partial charge in [0, 0.05) is 31.2 Å². The topological polar surface area (TPSA) is 129 Å². The molecule has 3 aromatic rings. The molecule has 1 amide bonds. The van der Waals surface area contributed by atoms with Crippen molar-refractivity contribution in [1.29, 1.82) is 0 Å². The summed E-state index contributed by atoms with van der Waals surface area (Å²) in [5.74, 6) is -4.87. The molecule has 10 nitrogen and oxygen atoms in total. The van der Waals surface area contributed by atoms with Crippen LogP contribution in [0.25, 0.3) is 11.2 Å². The summed E-state index contributed by atoms with van der Waals surface area (Å²) in [5, 5.41) is 5.98. The van der Waals surface area contributed by atoms with Gasteiger partial charge in [0.05, 0.1) is 11.9 Å². The molecule has 1 saturated heterocycles. The molecule has 2 aliphatic rings. The molecule has 0 unspecified atom stereocenters. The number of hydrogen-bond donors (Lipinski definition) is 3. The van der Waals surface area contributed by atoms with Gasteiger partial charge in [0.2, 0.25) is 23.6 Å². The van der Waals surface area contributed by atoms with E-state index >= 15 is 0 Å². The van der Waals surface area contributed by atoms with Gasteiger partial charge in [-0.1, -0.05) is 0 Å². The predicted octanol–water partition coefficient (Wildman–Crippen LogP) is 4.55. The molecule has 1 aromatic carbocycles.